The Morgan fingerprint density at radius 3 is 2.19 bits per heavy atom. The maximum atomic E-state index is 5.57. The zero-order valence-electron chi connectivity index (χ0n) is 16.6. The number of rotatable bonds is 12. The van der Waals surface area contributed by atoms with Gasteiger partial charge in [-0.25, -0.2) is 0 Å². The third-order valence-electron chi connectivity index (χ3n) is 3.71. The second-order valence-corrected chi connectivity index (χ2v) is 6.80. The number of aromatic nitrogens is 4. The van der Waals surface area contributed by atoms with E-state index in [1.807, 2.05) is 34.7 Å². The summed E-state index contributed by atoms with van der Waals surface area (Å²) in [6.07, 6.45) is 4.13. The van der Waals surface area contributed by atoms with Crippen LogP contribution >= 0.6 is 0 Å². The van der Waals surface area contributed by atoms with Crippen LogP contribution in [0.4, 0.5) is 11.8 Å². The molecule has 0 saturated heterocycles. The molecule has 0 spiro atoms. The molecule has 0 aliphatic heterocycles. The van der Waals surface area contributed by atoms with E-state index in [4.69, 9.17) is 9.47 Å². The lowest BCUT2D eigenvalue weighted by atomic mass is 10.3. The van der Waals surface area contributed by atoms with E-state index in [2.05, 4.69) is 25.7 Å². The highest BCUT2D eigenvalue weighted by atomic mass is 16.5. The van der Waals surface area contributed by atoms with Crippen LogP contribution in [0.1, 0.15) is 40.5 Å². The summed E-state index contributed by atoms with van der Waals surface area (Å²) in [5.74, 6) is 1.40. The molecule has 0 aromatic carbocycles. The van der Waals surface area contributed by atoms with Gasteiger partial charge in [-0.15, -0.1) is 0 Å². The molecule has 0 unspecified atom stereocenters. The zero-order valence-corrected chi connectivity index (χ0v) is 16.6. The molecule has 8 nitrogen and oxygen atoms in total. The van der Waals surface area contributed by atoms with Crippen molar-refractivity contribution in [3.8, 4) is 0 Å². The van der Waals surface area contributed by atoms with E-state index in [0.29, 0.717) is 5.95 Å². The second-order valence-electron chi connectivity index (χ2n) is 6.80. The first-order chi connectivity index (χ1) is 12.5. The van der Waals surface area contributed by atoms with Crippen molar-refractivity contribution < 1.29 is 9.47 Å². The summed E-state index contributed by atoms with van der Waals surface area (Å²) in [7, 11) is 1.88. The molecule has 2 heterocycles. The minimum Gasteiger partial charge on any atom is -0.379 e. The molecule has 2 aromatic heterocycles. The molecule has 8 heteroatoms. The van der Waals surface area contributed by atoms with Gasteiger partial charge in [0, 0.05) is 33.4 Å². The van der Waals surface area contributed by atoms with Crippen molar-refractivity contribution in [2.45, 2.75) is 52.7 Å². The quantitative estimate of drug-likeness (QED) is 0.560. The van der Waals surface area contributed by atoms with Crippen LogP contribution in [0.15, 0.2) is 6.20 Å². The van der Waals surface area contributed by atoms with E-state index < -0.39 is 0 Å². The van der Waals surface area contributed by atoms with Gasteiger partial charge in [0.1, 0.15) is 5.82 Å². The lowest BCUT2D eigenvalue weighted by Gasteiger charge is -2.11. The van der Waals surface area contributed by atoms with E-state index in [0.717, 1.165) is 56.0 Å². The van der Waals surface area contributed by atoms with Crippen LogP contribution in [0, 0.1) is 0 Å². The minimum atomic E-state index is 0.257. The minimum absolute atomic E-state index is 0.257. The van der Waals surface area contributed by atoms with Crippen molar-refractivity contribution in [1.29, 1.82) is 0 Å². The van der Waals surface area contributed by atoms with E-state index in [-0.39, 0.29) is 12.2 Å². The highest BCUT2D eigenvalue weighted by Crippen LogP contribution is 2.21. The Labute approximate surface area is 155 Å². The van der Waals surface area contributed by atoms with Crippen molar-refractivity contribution in [3.63, 3.8) is 0 Å². The average molecular weight is 364 g/mol. The molecule has 2 rings (SSSR count). The molecule has 0 radical (unpaired) electrons. The van der Waals surface area contributed by atoms with Gasteiger partial charge in [-0.1, -0.05) is 0 Å². The van der Waals surface area contributed by atoms with Gasteiger partial charge in [0.25, 0.3) is 0 Å². The van der Waals surface area contributed by atoms with E-state index in [1.165, 1.54) is 0 Å². The Morgan fingerprint density at radius 1 is 0.962 bits per heavy atom. The van der Waals surface area contributed by atoms with E-state index >= 15 is 0 Å². The van der Waals surface area contributed by atoms with Crippen LogP contribution in [0.25, 0.3) is 11.0 Å². The number of ether oxygens (including phenoxy) is 2. The maximum Gasteiger partial charge on any atom is 0.226 e. The molecule has 0 saturated carbocycles. The smallest absolute Gasteiger partial charge is 0.226 e. The summed E-state index contributed by atoms with van der Waals surface area (Å²) in [4.78, 5) is 9.18. The van der Waals surface area contributed by atoms with Crippen LogP contribution in [-0.4, -0.2) is 58.3 Å². The van der Waals surface area contributed by atoms with E-state index in [1.54, 1.807) is 10.9 Å². The predicted octanol–water partition coefficient (Wildman–Crippen LogP) is 2.82. The van der Waals surface area contributed by atoms with Gasteiger partial charge in [-0.3, -0.25) is 4.68 Å². The first kappa shape index (κ1) is 20.4. The molecule has 2 aromatic rings. The summed E-state index contributed by atoms with van der Waals surface area (Å²) in [5.41, 5.74) is 0.807. The van der Waals surface area contributed by atoms with E-state index in [9.17, 15) is 0 Å². The van der Waals surface area contributed by atoms with Crippen molar-refractivity contribution in [1.82, 2.24) is 19.7 Å². The fourth-order valence-electron chi connectivity index (χ4n) is 2.43. The van der Waals surface area contributed by atoms with Crippen LogP contribution in [0.3, 0.4) is 0 Å². The molecule has 0 aliphatic rings. The van der Waals surface area contributed by atoms with Gasteiger partial charge in [0.05, 0.1) is 23.8 Å². The standard InChI is InChI=1S/C18H32N6O2/c1-13(2)25-10-6-8-19-16-15-12-21-24(5)17(15)23-18(22-16)20-9-7-11-26-14(3)4/h12-14H,6-11H2,1-5H3,(H2,19,20,22,23). The largest absolute Gasteiger partial charge is 0.379 e. The summed E-state index contributed by atoms with van der Waals surface area (Å²) in [5, 5.41) is 11.9. The zero-order chi connectivity index (χ0) is 18.9. The normalized spacial score (nSPS) is 11.7. The number of nitrogens with one attached hydrogen (secondary N) is 2. The number of fused-ring (bicyclic) bond motifs is 1. The lowest BCUT2D eigenvalue weighted by Crippen LogP contribution is -2.13. The molecule has 0 fully saturated rings. The Morgan fingerprint density at radius 2 is 1.58 bits per heavy atom. The van der Waals surface area contributed by atoms with Crippen molar-refractivity contribution >= 4 is 22.8 Å². The molecular weight excluding hydrogens is 332 g/mol. The first-order valence-corrected chi connectivity index (χ1v) is 9.38. The Hall–Kier alpha value is -1.93. The lowest BCUT2D eigenvalue weighted by molar-refractivity contribution is 0.0785. The summed E-state index contributed by atoms with van der Waals surface area (Å²) in [6, 6.07) is 0. The fourth-order valence-corrected chi connectivity index (χ4v) is 2.43. The SMILES string of the molecule is CC(C)OCCCNc1nc(NCCCOC(C)C)c2cnn(C)c2n1. The summed E-state index contributed by atoms with van der Waals surface area (Å²) in [6.45, 7) is 11.2. The van der Waals surface area contributed by atoms with Gasteiger partial charge >= 0.3 is 0 Å². The van der Waals surface area contributed by atoms with Gasteiger partial charge in [0.15, 0.2) is 5.65 Å². The molecular formula is C18H32N6O2. The van der Waals surface area contributed by atoms with Crippen LogP contribution in [0.5, 0.6) is 0 Å². The highest BCUT2D eigenvalue weighted by Gasteiger charge is 2.11. The van der Waals surface area contributed by atoms with Gasteiger partial charge in [0.2, 0.25) is 5.95 Å². The topological polar surface area (TPSA) is 86.1 Å². The van der Waals surface area contributed by atoms with Crippen molar-refractivity contribution in [3.05, 3.63) is 6.20 Å². The molecule has 0 amide bonds. The summed E-state index contributed by atoms with van der Waals surface area (Å²) < 4.78 is 12.9. The molecule has 2 N–H and O–H groups in total. The molecule has 0 bridgehead atoms. The third kappa shape index (κ3) is 6.42. The fraction of sp³-hybridized carbons (Fsp3) is 0.722. The first-order valence-electron chi connectivity index (χ1n) is 9.38. The average Bonchev–Trinajstić information content (AvgIpc) is 2.95. The number of aryl methyl sites for hydroxylation is 1. The van der Waals surface area contributed by atoms with Gasteiger partial charge in [-0.05, 0) is 40.5 Å². The van der Waals surface area contributed by atoms with Crippen molar-refractivity contribution in [2.24, 2.45) is 7.05 Å². The molecule has 0 atom stereocenters. The van der Waals surface area contributed by atoms with Crippen molar-refractivity contribution in [2.75, 3.05) is 36.9 Å². The summed E-state index contributed by atoms with van der Waals surface area (Å²) >= 11 is 0. The third-order valence-corrected chi connectivity index (χ3v) is 3.71. The van der Waals surface area contributed by atoms with Gasteiger partial charge in [-0.2, -0.15) is 15.1 Å². The Balaban J connectivity index is 1.94. The molecule has 26 heavy (non-hydrogen) atoms. The predicted molar refractivity (Wildman–Crippen MR) is 105 cm³/mol. The Bertz CT molecular complexity index is 671. The Kier molecular flexibility index (Phi) is 8.06. The monoisotopic (exact) mass is 364 g/mol. The number of nitrogens with zero attached hydrogens (tertiary/aromatic N) is 4. The van der Waals surface area contributed by atoms with Crippen LogP contribution in [-0.2, 0) is 16.5 Å². The number of hydrogen-bond donors (Lipinski definition) is 2. The van der Waals surface area contributed by atoms with Crippen LogP contribution < -0.4 is 10.6 Å². The number of anilines is 2. The highest BCUT2D eigenvalue weighted by molar-refractivity contribution is 5.87. The van der Waals surface area contributed by atoms with Gasteiger partial charge < -0.3 is 20.1 Å². The molecule has 146 valence electrons. The van der Waals surface area contributed by atoms with Crippen LogP contribution in [0.2, 0.25) is 0 Å². The maximum absolute atomic E-state index is 5.57. The number of hydrogen-bond acceptors (Lipinski definition) is 7. The molecule has 0 aliphatic carbocycles. The second kappa shape index (κ2) is 10.3.